The number of hydrogen-bond donors (Lipinski definition) is 2. The summed E-state index contributed by atoms with van der Waals surface area (Å²) in [5, 5.41) is 6.68. The van der Waals surface area contributed by atoms with Gasteiger partial charge in [-0.25, -0.2) is 0 Å². The van der Waals surface area contributed by atoms with Crippen molar-refractivity contribution in [1.29, 1.82) is 0 Å². The van der Waals surface area contributed by atoms with Crippen LogP contribution in [0.2, 0.25) is 5.02 Å². The molecule has 0 aliphatic carbocycles. The lowest BCUT2D eigenvalue weighted by Crippen LogP contribution is -2.54. The summed E-state index contributed by atoms with van der Waals surface area (Å²) < 4.78 is 0. The molecule has 3 aliphatic rings. The van der Waals surface area contributed by atoms with Crippen LogP contribution in [0, 0.1) is 17.8 Å². The van der Waals surface area contributed by atoms with Gasteiger partial charge in [0.05, 0.1) is 22.5 Å². The first-order chi connectivity index (χ1) is 12.8. The number of likely N-dealkylation sites (tertiary alicyclic amines) is 1. The van der Waals surface area contributed by atoms with Crippen molar-refractivity contribution >= 4 is 35.0 Å². The molecule has 7 heteroatoms. The average molecular weight is 390 g/mol. The van der Waals surface area contributed by atoms with Crippen molar-refractivity contribution in [2.24, 2.45) is 17.8 Å². The zero-order chi connectivity index (χ0) is 19.7. The van der Waals surface area contributed by atoms with Crippen molar-refractivity contribution in [3.63, 3.8) is 0 Å². The van der Waals surface area contributed by atoms with Gasteiger partial charge in [0.25, 0.3) is 0 Å². The summed E-state index contributed by atoms with van der Waals surface area (Å²) in [6.07, 6.45) is 0.679. The van der Waals surface area contributed by atoms with E-state index in [1.807, 2.05) is 33.8 Å². The lowest BCUT2D eigenvalue weighted by Gasteiger charge is -2.31. The summed E-state index contributed by atoms with van der Waals surface area (Å²) in [7, 11) is 0. The summed E-state index contributed by atoms with van der Waals surface area (Å²) in [4.78, 5) is 41.2. The monoisotopic (exact) mass is 389 g/mol. The van der Waals surface area contributed by atoms with Crippen molar-refractivity contribution < 1.29 is 14.4 Å². The van der Waals surface area contributed by atoms with Gasteiger partial charge in [0, 0.05) is 17.6 Å². The Bertz CT molecular complexity index is 855. The predicted molar refractivity (Wildman–Crippen MR) is 102 cm³/mol. The Morgan fingerprint density at radius 2 is 1.89 bits per heavy atom. The molecule has 27 heavy (non-hydrogen) atoms. The van der Waals surface area contributed by atoms with E-state index in [4.69, 9.17) is 11.6 Å². The molecule has 2 fully saturated rings. The van der Waals surface area contributed by atoms with Crippen molar-refractivity contribution in [3.8, 4) is 0 Å². The summed E-state index contributed by atoms with van der Waals surface area (Å²) in [6.45, 7) is 7.83. The van der Waals surface area contributed by atoms with E-state index < -0.39 is 17.4 Å². The third-order valence-corrected chi connectivity index (χ3v) is 6.73. The highest BCUT2D eigenvalue weighted by Gasteiger charge is 2.71. The molecule has 2 N–H and O–H groups in total. The fourth-order valence-corrected chi connectivity index (χ4v) is 5.16. The molecule has 5 atom stereocenters. The maximum Gasteiger partial charge on any atom is 0.250 e. The zero-order valence-corrected chi connectivity index (χ0v) is 16.6. The van der Waals surface area contributed by atoms with E-state index in [-0.39, 0.29) is 35.7 Å². The van der Waals surface area contributed by atoms with E-state index in [1.165, 1.54) is 4.90 Å². The Morgan fingerprint density at radius 1 is 1.19 bits per heavy atom. The molecule has 0 bridgehead atoms. The van der Waals surface area contributed by atoms with Gasteiger partial charge in [0.2, 0.25) is 17.7 Å². The number of carbonyl (C=O) groups excluding carboxylic acids is 3. The van der Waals surface area contributed by atoms with Crippen LogP contribution in [0.3, 0.4) is 0 Å². The third-order valence-electron chi connectivity index (χ3n) is 6.42. The number of nitrogens with one attached hydrogen (secondary N) is 2. The van der Waals surface area contributed by atoms with E-state index in [0.29, 0.717) is 22.7 Å². The number of halogens is 1. The van der Waals surface area contributed by atoms with Gasteiger partial charge in [-0.3, -0.25) is 24.6 Å². The number of imide groups is 1. The minimum atomic E-state index is -1.26. The van der Waals surface area contributed by atoms with Crippen molar-refractivity contribution in [3.05, 3.63) is 28.8 Å². The molecule has 2 saturated heterocycles. The second-order valence-corrected chi connectivity index (χ2v) is 8.55. The number of hydrogen-bond acceptors (Lipinski definition) is 4. The SMILES string of the molecule is CC[C@@H](C)N1C(=O)[C@@H]2[C@@H](C(C)C)N[C@]3(C(=O)Nc4c(Cl)cccc43)[C@@H]2C1=O. The molecule has 0 radical (unpaired) electrons. The minimum absolute atomic E-state index is 0.0848. The van der Waals surface area contributed by atoms with Gasteiger partial charge in [-0.15, -0.1) is 0 Å². The smallest absolute Gasteiger partial charge is 0.250 e. The van der Waals surface area contributed by atoms with Crippen molar-refractivity contribution in [2.45, 2.75) is 51.7 Å². The summed E-state index contributed by atoms with van der Waals surface area (Å²) >= 11 is 6.30. The Morgan fingerprint density at radius 3 is 2.52 bits per heavy atom. The van der Waals surface area contributed by atoms with Gasteiger partial charge in [0.1, 0.15) is 5.54 Å². The maximum atomic E-state index is 13.4. The summed E-state index contributed by atoms with van der Waals surface area (Å²) in [5.74, 6) is -1.98. The average Bonchev–Trinajstić information content (AvgIpc) is 3.21. The van der Waals surface area contributed by atoms with Crippen LogP contribution < -0.4 is 10.6 Å². The van der Waals surface area contributed by atoms with Crippen LogP contribution >= 0.6 is 11.6 Å². The van der Waals surface area contributed by atoms with Crippen molar-refractivity contribution in [2.75, 3.05) is 5.32 Å². The molecule has 3 heterocycles. The Hall–Kier alpha value is -1.92. The standard InChI is InChI=1S/C20H24ClN3O3/c1-5-10(4)24-17(25)13-14(18(24)26)20(23-15(13)9(2)3)11-7-6-8-12(21)16(11)22-19(20)27/h6-10,13-15,23H,5H2,1-4H3,(H,22,27)/t10-,13+,14+,15-,20+/m1/s1. The van der Waals surface area contributed by atoms with Gasteiger partial charge >= 0.3 is 0 Å². The molecule has 144 valence electrons. The molecule has 0 saturated carbocycles. The molecular formula is C20H24ClN3O3. The Kier molecular flexibility index (Phi) is 4.13. The zero-order valence-electron chi connectivity index (χ0n) is 15.9. The third kappa shape index (κ3) is 2.20. The molecule has 1 aromatic carbocycles. The fraction of sp³-hybridized carbons (Fsp3) is 0.550. The first-order valence-electron chi connectivity index (χ1n) is 9.50. The Labute approximate surface area is 163 Å². The van der Waals surface area contributed by atoms with Gasteiger partial charge in [-0.05, 0) is 25.3 Å². The maximum absolute atomic E-state index is 13.4. The lowest BCUT2D eigenvalue weighted by atomic mass is 9.76. The molecule has 6 nitrogen and oxygen atoms in total. The largest absolute Gasteiger partial charge is 0.323 e. The topological polar surface area (TPSA) is 78.5 Å². The first kappa shape index (κ1) is 18.4. The number of nitrogens with zero attached hydrogens (tertiary/aromatic N) is 1. The molecule has 3 amide bonds. The summed E-state index contributed by atoms with van der Waals surface area (Å²) in [5.41, 5.74) is -0.0678. The number of fused-ring (bicyclic) bond motifs is 4. The van der Waals surface area contributed by atoms with Gasteiger partial charge in [-0.2, -0.15) is 0 Å². The molecule has 1 spiro atoms. The molecular weight excluding hydrogens is 366 g/mol. The van der Waals surface area contributed by atoms with Gasteiger partial charge < -0.3 is 5.32 Å². The second kappa shape index (κ2) is 6.04. The highest BCUT2D eigenvalue weighted by molar-refractivity contribution is 6.35. The number of anilines is 1. The van der Waals surface area contributed by atoms with Crippen LogP contribution in [0.25, 0.3) is 0 Å². The molecule has 0 unspecified atom stereocenters. The van der Waals surface area contributed by atoms with Crippen LogP contribution in [0.4, 0.5) is 5.69 Å². The van der Waals surface area contributed by atoms with Crippen LogP contribution in [-0.4, -0.2) is 34.7 Å². The number of carbonyl (C=O) groups is 3. The molecule has 0 aromatic heterocycles. The molecule has 4 rings (SSSR count). The fourth-order valence-electron chi connectivity index (χ4n) is 4.94. The van der Waals surface area contributed by atoms with E-state index in [0.717, 1.165) is 0 Å². The highest BCUT2D eigenvalue weighted by atomic mass is 35.5. The predicted octanol–water partition coefficient (Wildman–Crippen LogP) is 2.51. The molecule has 1 aromatic rings. The van der Waals surface area contributed by atoms with Gasteiger partial charge in [-0.1, -0.05) is 44.5 Å². The lowest BCUT2D eigenvalue weighted by molar-refractivity contribution is -0.145. The van der Waals surface area contributed by atoms with Crippen LogP contribution in [0.5, 0.6) is 0 Å². The summed E-state index contributed by atoms with van der Waals surface area (Å²) in [6, 6.07) is 4.84. The number of benzene rings is 1. The van der Waals surface area contributed by atoms with E-state index in [2.05, 4.69) is 10.6 Å². The van der Waals surface area contributed by atoms with Crippen LogP contribution in [0.15, 0.2) is 18.2 Å². The van der Waals surface area contributed by atoms with Crippen LogP contribution in [-0.2, 0) is 19.9 Å². The Balaban J connectivity index is 1.92. The first-order valence-corrected chi connectivity index (χ1v) is 9.88. The minimum Gasteiger partial charge on any atom is -0.323 e. The van der Waals surface area contributed by atoms with Crippen molar-refractivity contribution in [1.82, 2.24) is 10.2 Å². The highest BCUT2D eigenvalue weighted by Crippen LogP contribution is 2.55. The van der Waals surface area contributed by atoms with E-state index >= 15 is 0 Å². The van der Waals surface area contributed by atoms with Gasteiger partial charge in [0.15, 0.2) is 0 Å². The number of amides is 3. The molecule has 3 aliphatic heterocycles. The van der Waals surface area contributed by atoms with Crippen LogP contribution in [0.1, 0.15) is 39.7 Å². The quantitative estimate of drug-likeness (QED) is 0.778. The normalized spacial score (nSPS) is 33.0. The van der Waals surface area contributed by atoms with E-state index in [9.17, 15) is 14.4 Å². The number of rotatable bonds is 3. The van der Waals surface area contributed by atoms with E-state index in [1.54, 1.807) is 12.1 Å². The number of para-hydroxylation sites is 1. The second-order valence-electron chi connectivity index (χ2n) is 8.15.